The molecule has 1 N–H and O–H groups in total. The summed E-state index contributed by atoms with van der Waals surface area (Å²) in [5.41, 5.74) is 2.89. The van der Waals surface area contributed by atoms with Crippen LogP contribution >= 0.6 is 0 Å². The molecule has 2 heterocycles. The maximum absolute atomic E-state index is 4.50. The first-order chi connectivity index (χ1) is 8.43. The third kappa shape index (κ3) is 2.28. The van der Waals surface area contributed by atoms with Gasteiger partial charge in [-0.2, -0.15) is 0 Å². The highest BCUT2D eigenvalue weighted by Crippen LogP contribution is 2.25. The summed E-state index contributed by atoms with van der Waals surface area (Å²) in [6.07, 6.45) is 3.79. The number of nitrogens with one attached hydrogen (secondary N) is 1. The van der Waals surface area contributed by atoms with Crippen LogP contribution in [0.2, 0.25) is 0 Å². The average molecular weight is 229 g/mol. The van der Waals surface area contributed by atoms with E-state index in [2.05, 4.69) is 39.5 Å². The highest BCUT2D eigenvalue weighted by Gasteiger charge is 2.17. The number of rotatable bonds is 2. The maximum atomic E-state index is 4.50. The van der Waals surface area contributed by atoms with Crippen molar-refractivity contribution in [2.45, 2.75) is 19.3 Å². The summed E-state index contributed by atoms with van der Waals surface area (Å²) in [5.74, 6) is 1.15. The maximum Gasteiger partial charge on any atom is 0.116 e. The summed E-state index contributed by atoms with van der Waals surface area (Å²) >= 11 is 0. The van der Waals surface area contributed by atoms with Crippen molar-refractivity contribution in [3.05, 3.63) is 29.8 Å². The number of fused-ring (bicyclic) bond motifs is 1. The van der Waals surface area contributed by atoms with Crippen LogP contribution < -0.4 is 10.2 Å². The van der Waals surface area contributed by atoms with Crippen LogP contribution in [-0.2, 0) is 6.42 Å². The molecule has 0 unspecified atom stereocenters. The highest BCUT2D eigenvalue weighted by molar-refractivity contribution is 5.88. The lowest BCUT2D eigenvalue weighted by molar-refractivity contribution is 0.739. The number of aliphatic imine (C=N–C) groups is 1. The molecule has 0 aliphatic carbocycles. The number of aryl methyl sites for hydroxylation is 1. The van der Waals surface area contributed by atoms with E-state index in [9.17, 15) is 0 Å². The number of anilines is 1. The van der Waals surface area contributed by atoms with E-state index < -0.39 is 0 Å². The molecular weight excluding hydrogens is 210 g/mol. The Morgan fingerprint density at radius 1 is 1.24 bits per heavy atom. The fourth-order valence-corrected chi connectivity index (χ4v) is 2.67. The molecule has 1 aromatic carbocycles. The van der Waals surface area contributed by atoms with Gasteiger partial charge in [-0.25, -0.2) is 0 Å². The Bertz CT molecular complexity index is 425. The monoisotopic (exact) mass is 229 g/mol. The van der Waals surface area contributed by atoms with Gasteiger partial charge in [0.2, 0.25) is 0 Å². The van der Waals surface area contributed by atoms with E-state index in [-0.39, 0.29) is 0 Å². The van der Waals surface area contributed by atoms with Crippen LogP contribution in [0.5, 0.6) is 0 Å². The molecule has 0 spiro atoms. The van der Waals surface area contributed by atoms with Crippen molar-refractivity contribution in [1.82, 2.24) is 5.32 Å². The van der Waals surface area contributed by atoms with Crippen LogP contribution in [-0.4, -0.2) is 32.0 Å². The standard InChI is InChI=1S/C14H19N3/c1-2-7-13-12(5-1)6-3-4-10-17(13)11-14-15-8-9-16-14/h1-2,5,7H,3-4,6,8-11H2,(H,15,16). The molecule has 17 heavy (non-hydrogen) atoms. The van der Waals surface area contributed by atoms with E-state index >= 15 is 0 Å². The predicted molar refractivity (Wildman–Crippen MR) is 71.9 cm³/mol. The van der Waals surface area contributed by atoms with E-state index in [0.29, 0.717) is 0 Å². The van der Waals surface area contributed by atoms with Crippen molar-refractivity contribution in [3.8, 4) is 0 Å². The molecule has 0 bridgehead atoms. The number of hydrogen-bond donors (Lipinski definition) is 1. The van der Waals surface area contributed by atoms with Crippen molar-refractivity contribution in [1.29, 1.82) is 0 Å². The Morgan fingerprint density at radius 2 is 2.18 bits per heavy atom. The molecule has 3 heteroatoms. The van der Waals surface area contributed by atoms with Gasteiger partial charge in [0.15, 0.2) is 0 Å². The quantitative estimate of drug-likeness (QED) is 0.838. The molecule has 0 radical (unpaired) electrons. The molecule has 0 amide bonds. The summed E-state index contributed by atoms with van der Waals surface area (Å²) in [4.78, 5) is 6.97. The molecule has 2 aliphatic heterocycles. The van der Waals surface area contributed by atoms with Gasteiger partial charge >= 0.3 is 0 Å². The van der Waals surface area contributed by atoms with E-state index in [1.54, 1.807) is 0 Å². The minimum Gasteiger partial charge on any atom is -0.370 e. The summed E-state index contributed by atoms with van der Waals surface area (Å²) in [6.45, 7) is 4.03. The van der Waals surface area contributed by atoms with Gasteiger partial charge in [-0.1, -0.05) is 18.2 Å². The summed E-state index contributed by atoms with van der Waals surface area (Å²) in [6, 6.07) is 8.79. The van der Waals surface area contributed by atoms with Crippen molar-refractivity contribution >= 4 is 11.5 Å². The van der Waals surface area contributed by atoms with Gasteiger partial charge in [0.1, 0.15) is 5.84 Å². The van der Waals surface area contributed by atoms with Crippen molar-refractivity contribution in [2.75, 3.05) is 31.1 Å². The number of hydrogen-bond acceptors (Lipinski definition) is 3. The van der Waals surface area contributed by atoms with Crippen LogP contribution in [0.3, 0.4) is 0 Å². The minimum absolute atomic E-state index is 0.935. The second kappa shape index (κ2) is 4.78. The molecule has 3 rings (SSSR count). The number of nitrogens with zero attached hydrogens (tertiary/aromatic N) is 2. The van der Waals surface area contributed by atoms with Crippen molar-refractivity contribution in [3.63, 3.8) is 0 Å². The Balaban J connectivity index is 1.83. The van der Waals surface area contributed by atoms with Crippen LogP contribution in [0.15, 0.2) is 29.3 Å². The number of amidine groups is 1. The Labute approximate surface area is 103 Å². The zero-order chi connectivity index (χ0) is 11.5. The van der Waals surface area contributed by atoms with Crippen LogP contribution in [0, 0.1) is 0 Å². The first kappa shape index (κ1) is 10.6. The SMILES string of the molecule is c1ccc2c(c1)CCCCN2CC1=NCCN1. The molecule has 1 aromatic rings. The second-order valence-corrected chi connectivity index (χ2v) is 4.76. The normalized spacial score (nSPS) is 19.3. The smallest absolute Gasteiger partial charge is 0.116 e. The molecule has 3 nitrogen and oxygen atoms in total. The molecule has 0 fully saturated rings. The highest BCUT2D eigenvalue weighted by atomic mass is 15.2. The van der Waals surface area contributed by atoms with E-state index in [4.69, 9.17) is 0 Å². The fourth-order valence-electron chi connectivity index (χ4n) is 2.67. The third-order valence-corrected chi connectivity index (χ3v) is 3.54. The fraction of sp³-hybridized carbons (Fsp3) is 0.500. The zero-order valence-electron chi connectivity index (χ0n) is 10.2. The van der Waals surface area contributed by atoms with Gasteiger partial charge in [0.05, 0.1) is 13.1 Å². The van der Waals surface area contributed by atoms with Gasteiger partial charge in [-0.05, 0) is 30.9 Å². The lowest BCUT2D eigenvalue weighted by atomic mass is 10.1. The molecular formula is C14H19N3. The number of benzene rings is 1. The van der Waals surface area contributed by atoms with Crippen molar-refractivity contribution in [2.24, 2.45) is 4.99 Å². The Hall–Kier alpha value is -1.51. The molecule has 0 saturated heterocycles. The second-order valence-electron chi connectivity index (χ2n) is 4.76. The van der Waals surface area contributed by atoms with Gasteiger partial charge in [-0.3, -0.25) is 4.99 Å². The van der Waals surface area contributed by atoms with Crippen LogP contribution in [0.25, 0.3) is 0 Å². The van der Waals surface area contributed by atoms with Crippen LogP contribution in [0.1, 0.15) is 18.4 Å². The minimum atomic E-state index is 0.935. The molecule has 0 atom stereocenters. The largest absolute Gasteiger partial charge is 0.370 e. The topological polar surface area (TPSA) is 27.6 Å². The summed E-state index contributed by atoms with van der Waals surface area (Å²) in [7, 11) is 0. The zero-order valence-corrected chi connectivity index (χ0v) is 10.2. The molecule has 2 aliphatic rings. The van der Waals surface area contributed by atoms with Crippen molar-refractivity contribution < 1.29 is 0 Å². The molecule has 0 saturated carbocycles. The third-order valence-electron chi connectivity index (χ3n) is 3.54. The molecule has 90 valence electrons. The predicted octanol–water partition coefficient (Wildman–Crippen LogP) is 1.83. The van der Waals surface area contributed by atoms with E-state index in [1.165, 1.54) is 30.5 Å². The first-order valence-electron chi connectivity index (χ1n) is 6.53. The first-order valence-corrected chi connectivity index (χ1v) is 6.53. The Morgan fingerprint density at radius 3 is 3.06 bits per heavy atom. The van der Waals surface area contributed by atoms with E-state index in [0.717, 1.165) is 32.0 Å². The molecule has 0 aromatic heterocycles. The van der Waals surface area contributed by atoms with Gasteiger partial charge in [-0.15, -0.1) is 0 Å². The van der Waals surface area contributed by atoms with Crippen LogP contribution in [0.4, 0.5) is 5.69 Å². The Kier molecular flexibility index (Phi) is 2.99. The van der Waals surface area contributed by atoms with Gasteiger partial charge in [0, 0.05) is 18.8 Å². The lowest BCUT2D eigenvalue weighted by Gasteiger charge is -2.24. The van der Waals surface area contributed by atoms with Gasteiger partial charge < -0.3 is 10.2 Å². The number of para-hydroxylation sites is 1. The lowest BCUT2D eigenvalue weighted by Crippen LogP contribution is -2.35. The summed E-state index contributed by atoms with van der Waals surface area (Å²) in [5, 5.41) is 3.36. The van der Waals surface area contributed by atoms with E-state index in [1.807, 2.05) is 0 Å². The van der Waals surface area contributed by atoms with Gasteiger partial charge in [0.25, 0.3) is 0 Å². The summed E-state index contributed by atoms with van der Waals surface area (Å²) < 4.78 is 0. The average Bonchev–Trinajstić information content (AvgIpc) is 2.78.